The molecule has 0 spiro atoms. The summed E-state index contributed by atoms with van der Waals surface area (Å²) < 4.78 is 39.7. The van der Waals surface area contributed by atoms with Gasteiger partial charge in [0.1, 0.15) is 24.5 Å². The number of benzene rings is 3. The van der Waals surface area contributed by atoms with Gasteiger partial charge in [-0.05, 0) is 91.6 Å². The molecule has 0 radical (unpaired) electrons. The van der Waals surface area contributed by atoms with Crippen LogP contribution in [0.15, 0.2) is 54.6 Å². The topological polar surface area (TPSA) is 125 Å². The number of amides is 1. The van der Waals surface area contributed by atoms with Crippen LogP contribution in [0.2, 0.25) is 0 Å². The van der Waals surface area contributed by atoms with Crippen LogP contribution in [-0.2, 0) is 25.5 Å². The van der Waals surface area contributed by atoms with Crippen LogP contribution >= 0.6 is 0 Å². The van der Waals surface area contributed by atoms with Gasteiger partial charge in [-0.15, -0.1) is 0 Å². The van der Waals surface area contributed by atoms with Gasteiger partial charge in [-0.3, -0.25) is 9.69 Å². The summed E-state index contributed by atoms with van der Waals surface area (Å²) in [5.41, 5.74) is 2.45. The van der Waals surface area contributed by atoms with Crippen molar-refractivity contribution in [2.75, 3.05) is 74.4 Å². The van der Waals surface area contributed by atoms with Crippen LogP contribution in [0.4, 0.5) is 0 Å². The molecule has 288 valence electrons. The molecular formula is C41H54N2O10. The average Bonchev–Trinajstić information content (AvgIpc) is 3.20. The van der Waals surface area contributed by atoms with Gasteiger partial charge in [0.2, 0.25) is 11.7 Å². The highest BCUT2D eigenvalue weighted by molar-refractivity contribution is 5.89. The number of methoxy groups -OCH3 is 4. The van der Waals surface area contributed by atoms with E-state index in [2.05, 4.69) is 4.90 Å². The van der Waals surface area contributed by atoms with E-state index in [1.165, 1.54) is 14.2 Å². The van der Waals surface area contributed by atoms with Crippen molar-refractivity contribution in [3.63, 3.8) is 0 Å². The van der Waals surface area contributed by atoms with Crippen molar-refractivity contribution in [1.82, 2.24) is 9.80 Å². The SMILES string of the molecule is CC[C@H](C(=O)N1CCCCC1C(=O)OC(CCc1ccc(OC)c(OC)c1)c1cccc(OCCN2CCOCC2)c1)c1cc(OC)c(O)c(OC)c1. The van der Waals surface area contributed by atoms with E-state index in [1.807, 2.05) is 49.4 Å². The summed E-state index contributed by atoms with van der Waals surface area (Å²) in [7, 11) is 6.11. The standard InChI is InChI=1S/C41H54N2O10/c1-6-32(30-26-37(49-4)39(44)38(27-30)50-5)40(45)43-17-8-7-12-33(43)41(46)53-34(15-13-28-14-16-35(47-2)36(24-28)48-3)29-10-9-11-31(25-29)52-23-20-42-18-21-51-22-19-42/h9-11,14,16,24-27,32-34,44H,6-8,12-13,15,17-23H2,1-5H3/t32-,33?,34?/m0/s1. The Hall–Kier alpha value is -4.68. The quantitative estimate of drug-likeness (QED) is 0.166. The molecule has 2 heterocycles. The monoisotopic (exact) mass is 734 g/mol. The van der Waals surface area contributed by atoms with Gasteiger partial charge >= 0.3 is 5.97 Å². The normalized spacial score (nSPS) is 17.4. The number of esters is 1. The number of hydrogen-bond acceptors (Lipinski definition) is 11. The number of hydrogen-bond donors (Lipinski definition) is 1. The fourth-order valence-electron chi connectivity index (χ4n) is 7.08. The van der Waals surface area contributed by atoms with Crippen molar-refractivity contribution in [1.29, 1.82) is 0 Å². The van der Waals surface area contributed by atoms with Crippen molar-refractivity contribution in [2.45, 2.75) is 63.5 Å². The molecule has 5 rings (SSSR count). The molecule has 2 aliphatic rings. The molecule has 3 aromatic carbocycles. The second-order valence-corrected chi connectivity index (χ2v) is 13.3. The highest BCUT2D eigenvalue weighted by atomic mass is 16.5. The third kappa shape index (κ3) is 10.1. The Morgan fingerprint density at radius 3 is 2.25 bits per heavy atom. The number of carbonyl (C=O) groups excluding carboxylic acids is 2. The highest BCUT2D eigenvalue weighted by Gasteiger charge is 2.38. The minimum Gasteiger partial charge on any atom is -0.502 e. The number of phenolic OH excluding ortho intramolecular Hbond substituents is 1. The first kappa shape index (κ1) is 39.5. The van der Waals surface area contributed by atoms with Crippen molar-refractivity contribution >= 4 is 11.9 Å². The summed E-state index contributed by atoms with van der Waals surface area (Å²) in [5.74, 6) is 1.05. The fourth-order valence-corrected chi connectivity index (χ4v) is 7.08. The average molecular weight is 735 g/mol. The van der Waals surface area contributed by atoms with Crippen molar-refractivity contribution in [3.8, 4) is 34.5 Å². The van der Waals surface area contributed by atoms with Crippen LogP contribution in [0.25, 0.3) is 0 Å². The van der Waals surface area contributed by atoms with Gasteiger partial charge in [0.05, 0.1) is 47.6 Å². The number of phenols is 1. The summed E-state index contributed by atoms with van der Waals surface area (Å²) in [5, 5.41) is 10.5. The minimum absolute atomic E-state index is 0.133. The number of likely N-dealkylation sites (tertiary alicyclic amines) is 1. The van der Waals surface area contributed by atoms with Gasteiger partial charge in [-0.25, -0.2) is 4.79 Å². The number of piperidine rings is 1. The zero-order chi connectivity index (χ0) is 37.7. The maximum absolute atomic E-state index is 14.3. The first-order valence-electron chi connectivity index (χ1n) is 18.5. The molecule has 3 aromatic rings. The largest absolute Gasteiger partial charge is 0.502 e. The smallest absolute Gasteiger partial charge is 0.329 e. The Balaban J connectivity index is 1.36. The van der Waals surface area contributed by atoms with E-state index in [-0.39, 0.29) is 23.2 Å². The van der Waals surface area contributed by atoms with E-state index in [0.29, 0.717) is 61.6 Å². The second-order valence-electron chi connectivity index (χ2n) is 13.3. The summed E-state index contributed by atoms with van der Waals surface area (Å²) in [6.07, 6.45) is 3.02. The van der Waals surface area contributed by atoms with Gasteiger partial charge in [-0.1, -0.05) is 25.1 Å². The van der Waals surface area contributed by atoms with Crippen LogP contribution in [0.1, 0.15) is 67.7 Å². The molecular weight excluding hydrogens is 680 g/mol. The van der Waals surface area contributed by atoms with E-state index in [4.69, 9.17) is 33.2 Å². The number of morpholine rings is 1. The molecule has 2 fully saturated rings. The van der Waals surface area contributed by atoms with Crippen molar-refractivity contribution in [2.24, 2.45) is 0 Å². The summed E-state index contributed by atoms with van der Waals surface area (Å²) in [4.78, 5) is 32.5. The Kier molecular flexibility index (Phi) is 14.5. The molecule has 1 amide bonds. The molecule has 1 N–H and O–H groups in total. The highest BCUT2D eigenvalue weighted by Crippen LogP contribution is 2.41. The summed E-state index contributed by atoms with van der Waals surface area (Å²) in [6, 6.07) is 16.1. The van der Waals surface area contributed by atoms with Crippen molar-refractivity contribution in [3.05, 3.63) is 71.3 Å². The van der Waals surface area contributed by atoms with E-state index in [0.717, 1.165) is 56.8 Å². The third-order valence-corrected chi connectivity index (χ3v) is 10.1. The van der Waals surface area contributed by atoms with Crippen LogP contribution in [0.3, 0.4) is 0 Å². The molecule has 0 saturated carbocycles. The Bertz CT molecular complexity index is 1630. The molecule has 3 atom stereocenters. The maximum Gasteiger partial charge on any atom is 0.329 e. The lowest BCUT2D eigenvalue weighted by Crippen LogP contribution is -2.50. The molecule has 0 bridgehead atoms. The first-order chi connectivity index (χ1) is 25.8. The maximum atomic E-state index is 14.3. The number of ether oxygens (including phenoxy) is 7. The lowest BCUT2D eigenvalue weighted by Gasteiger charge is -2.37. The van der Waals surface area contributed by atoms with Gasteiger partial charge < -0.3 is 43.2 Å². The molecule has 2 aliphatic heterocycles. The molecule has 2 unspecified atom stereocenters. The van der Waals surface area contributed by atoms with Crippen LogP contribution in [0, 0.1) is 0 Å². The van der Waals surface area contributed by atoms with Crippen LogP contribution in [-0.4, -0.2) is 107 Å². The lowest BCUT2D eigenvalue weighted by molar-refractivity contribution is -0.162. The number of nitrogens with zero attached hydrogens (tertiary/aromatic N) is 2. The molecule has 2 saturated heterocycles. The minimum atomic E-state index is -0.747. The first-order valence-corrected chi connectivity index (χ1v) is 18.5. The summed E-state index contributed by atoms with van der Waals surface area (Å²) in [6.45, 7) is 6.90. The Morgan fingerprint density at radius 2 is 1.57 bits per heavy atom. The molecule has 53 heavy (non-hydrogen) atoms. The molecule has 12 nitrogen and oxygen atoms in total. The second kappa shape index (κ2) is 19.4. The van der Waals surface area contributed by atoms with E-state index in [1.54, 1.807) is 31.3 Å². The molecule has 0 aromatic heterocycles. The summed E-state index contributed by atoms with van der Waals surface area (Å²) >= 11 is 0. The fraction of sp³-hybridized carbons (Fsp3) is 0.512. The van der Waals surface area contributed by atoms with Crippen LogP contribution < -0.4 is 23.7 Å². The van der Waals surface area contributed by atoms with Crippen LogP contribution in [0.5, 0.6) is 34.5 Å². The molecule has 0 aliphatic carbocycles. The van der Waals surface area contributed by atoms with E-state index < -0.39 is 24.0 Å². The zero-order valence-corrected chi connectivity index (χ0v) is 31.6. The van der Waals surface area contributed by atoms with E-state index in [9.17, 15) is 14.7 Å². The number of aromatic hydroxyl groups is 1. The number of rotatable bonds is 17. The predicted molar refractivity (Wildman–Crippen MR) is 199 cm³/mol. The van der Waals surface area contributed by atoms with Crippen molar-refractivity contribution < 1.29 is 47.9 Å². The molecule has 12 heteroatoms. The zero-order valence-electron chi connectivity index (χ0n) is 31.6. The Labute approximate surface area is 312 Å². The predicted octanol–water partition coefficient (Wildman–Crippen LogP) is 5.93. The third-order valence-electron chi connectivity index (χ3n) is 10.1. The van der Waals surface area contributed by atoms with Gasteiger partial charge in [-0.2, -0.15) is 0 Å². The van der Waals surface area contributed by atoms with Gasteiger partial charge in [0.15, 0.2) is 23.0 Å². The van der Waals surface area contributed by atoms with Gasteiger partial charge in [0, 0.05) is 26.2 Å². The van der Waals surface area contributed by atoms with E-state index >= 15 is 0 Å². The number of aryl methyl sites for hydroxylation is 1. The lowest BCUT2D eigenvalue weighted by atomic mass is 9.91. The van der Waals surface area contributed by atoms with Gasteiger partial charge in [0.25, 0.3) is 0 Å². The Morgan fingerprint density at radius 1 is 0.849 bits per heavy atom. The number of carbonyl (C=O) groups is 2.